The smallest absolute Gasteiger partial charge is 0.312 e. The molecule has 0 spiro atoms. The zero-order valence-electron chi connectivity index (χ0n) is 10.5. The maximum Gasteiger partial charge on any atom is 0.312 e. The summed E-state index contributed by atoms with van der Waals surface area (Å²) in [5.41, 5.74) is 10.6. The number of aliphatic hydroxyl groups excluding tert-OH is 1. The Morgan fingerprint density at radius 3 is 3.00 bits per heavy atom. The minimum atomic E-state index is -0.710. The molecule has 1 atom stereocenters. The molecule has 0 bridgehead atoms. The SMILES string of the molecule is NC(=O)NC(CO)CCn1cnc2c(=O)[nH]c(N)nc21. The highest BCUT2D eigenvalue weighted by molar-refractivity contribution is 5.72. The second-order valence-corrected chi connectivity index (χ2v) is 4.24. The predicted octanol–water partition coefficient (Wildman–Crippen LogP) is -1.88. The van der Waals surface area contributed by atoms with Gasteiger partial charge in [-0.05, 0) is 6.42 Å². The van der Waals surface area contributed by atoms with E-state index >= 15 is 0 Å². The number of aryl methyl sites for hydroxylation is 1. The Hall–Kier alpha value is -2.62. The van der Waals surface area contributed by atoms with Crippen LogP contribution in [0.25, 0.3) is 11.2 Å². The van der Waals surface area contributed by atoms with Crippen LogP contribution in [0.4, 0.5) is 10.7 Å². The van der Waals surface area contributed by atoms with Gasteiger partial charge in [0.2, 0.25) is 5.95 Å². The predicted molar refractivity (Wildman–Crippen MR) is 70.8 cm³/mol. The average Bonchev–Trinajstić information content (AvgIpc) is 2.77. The largest absolute Gasteiger partial charge is 0.394 e. The molecule has 0 aliphatic rings. The van der Waals surface area contributed by atoms with E-state index in [1.165, 1.54) is 6.33 Å². The molecule has 10 nitrogen and oxygen atoms in total. The molecule has 0 radical (unpaired) electrons. The van der Waals surface area contributed by atoms with Crippen molar-refractivity contribution < 1.29 is 9.90 Å². The highest BCUT2D eigenvalue weighted by Gasteiger charge is 2.12. The number of nitrogens with one attached hydrogen (secondary N) is 2. The van der Waals surface area contributed by atoms with Gasteiger partial charge in [-0.15, -0.1) is 0 Å². The molecule has 0 saturated carbocycles. The first-order chi connectivity index (χ1) is 9.51. The number of nitrogens with zero attached hydrogens (tertiary/aromatic N) is 3. The number of carbonyl (C=O) groups excluding carboxylic acids is 1. The normalized spacial score (nSPS) is 12.4. The maximum atomic E-state index is 11.6. The lowest BCUT2D eigenvalue weighted by Crippen LogP contribution is -2.41. The molecule has 2 aromatic heterocycles. The molecule has 0 aromatic carbocycles. The van der Waals surface area contributed by atoms with E-state index in [4.69, 9.17) is 16.6 Å². The van der Waals surface area contributed by atoms with Crippen molar-refractivity contribution in [3.05, 3.63) is 16.7 Å². The second kappa shape index (κ2) is 5.57. The number of carbonyl (C=O) groups is 1. The average molecular weight is 281 g/mol. The number of primary amides is 1. The van der Waals surface area contributed by atoms with Gasteiger partial charge in [0.25, 0.3) is 5.56 Å². The zero-order chi connectivity index (χ0) is 14.7. The van der Waals surface area contributed by atoms with Crippen LogP contribution in [0.3, 0.4) is 0 Å². The van der Waals surface area contributed by atoms with Gasteiger partial charge < -0.3 is 26.5 Å². The van der Waals surface area contributed by atoms with Crippen molar-refractivity contribution in [3.63, 3.8) is 0 Å². The summed E-state index contributed by atoms with van der Waals surface area (Å²) in [6.07, 6.45) is 1.85. The molecule has 1 unspecified atom stereocenters. The molecule has 2 rings (SSSR count). The van der Waals surface area contributed by atoms with E-state index in [1.54, 1.807) is 4.57 Å². The number of hydrogen-bond donors (Lipinski definition) is 5. The Kier molecular flexibility index (Phi) is 3.84. The summed E-state index contributed by atoms with van der Waals surface area (Å²) in [6, 6.07) is -1.19. The summed E-state index contributed by atoms with van der Waals surface area (Å²) in [7, 11) is 0. The third-order valence-electron chi connectivity index (χ3n) is 2.78. The Balaban J connectivity index is 2.18. The highest BCUT2D eigenvalue weighted by atomic mass is 16.3. The topological polar surface area (TPSA) is 165 Å². The molecular weight excluding hydrogens is 266 g/mol. The molecular formula is C10H15N7O3. The van der Waals surface area contributed by atoms with Crippen LogP contribution in [0.15, 0.2) is 11.1 Å². The maximum absolute atomic E-state index is 11.6. The van der Waals surface area contributed by atoms with Crippen molar-refractivity contribution in [2.75, 3.05) is 12.3 Å². The number of rotatable bonds is 5. The molecule has 0 saturated heterocycles. The number of aliphatic hydroxyl groups is 1. The van der Waals surface area contributed by atoms with E-state index in [0.29, 0.717) is 18.6 Å². The van der Waals surface area contributed by atoms with Crippen molar-refractivity contribution in [2.45, 2.75) is 19.0 Å². The van der Waals surface area contributed by atoms with Gasteiger partial charge in [-0.25, -0.2) is 9.78 Å². The number of aromatic nitrogens is 4. The number of urea groups is 1. The number of aromatic amines is 1. The number of nitrogen functional groups attached to an aromatic ring is 1. The van der Waals surface area contributed by atoms with Gasteiger partial charge >= 0.3 is 6.03 Å². The van der Waals surface area contributed by atoms with Crippen LogP contribution < -0.4 is 22.3 Å². The van der Waals surface area contributed by atoms with Crippen molar-refractivity contribution in [1.82, 2.24) is 24.8 Å². The van der Waals surface area contributed by atoms with E-state index in [-0.39, 0.29) is 18.1 Å². The summed E-state index contributed by atoms with van der Waals surface area (Å²) in [5, 5.41) is 11.5. The van der Waals surface area contributed by atoms with E-state index in [9.17, 15) is 9.59 Å². The van der Waals surface area contributed by atoms with Crippen molar-refractivity contribution in [3.8, 4) is 0 Å². The first-order valence-electron chi connectivity index (χ1n) is 5.88. The molecule has 0 fully saturated rings. The molecule has 20 heavy (non-hydrogen) atoms. The molecule has 0 aliphatic carbocycles. The summed E-state index contributed by atoms with van der Waals surface area (Å²) < 4.78 is 1.62. The van der Waals surface area contributed by atoms with E-state index in [0.717, 1.165) is 0 Å². The zero-order valence-corrected chi connectivity index (χ0v) is 10.5. The standard InChI is InChI=1S/C10H15N7O3/c11-9-15-7-6(8(19)16-9)13-4-17(7)2-1-5(3-18)14-10(12)20/h4-5,18H,1-3H2,(H3,12,14,20)(H3,11,15,16,19). The Labute approximate surface area is 112 Å². The van der Waals surface area contributed by atoms with Gasteiger partial charge in [-0.1, -0.05) is 0 Å². The van der Waals surface area contributed by atoms with Gasteiger partial charge in [0.1, 0.15) is 0 Å². The third-order valence-corrected chi connectivity index (χ3v) is 2.78. The number of fused-ring (bicyclic) bond motifs is 1. The third kappa shape index (κ3) is 2.85. The van der Waals surface area contributed by atoms with Crippen LogP contribution in [0, 0.1) is 0 Å². The fourth-order valence-corrected chi connectivity index (χ4v) is 1.84. The number of amides is 2. The van der Waals surface area contributed by atoms with Gasteiger partial charge in [0.05, 0.1) is 19.0 Å². The molecule has 2 aromatic rings. The lowest BCUT2D eigenvalue weighted by molar-refractivity contribution is 0.216. The number of hydrogen-bond acceptors (Lipinski definition) is 6. The molecule has 108 valence electrons. The lowest BCUT2D eigenvalue weighted by Gasteiger charge is -2.14. The van der Waals surface area contributed by atoms with Crippen LogP contribution in [-0.2, 0) is 6.54 Å². The second-order valence-electron chi connectivity index (χ2n) is 4.24. The van der Waals surface area contributed by atoms with Crippen LogP contribution in [-0.4, -0.2) is 43.3 Å². The lowest BCUT2D eigenvalue weighted by atomic mass is 10.2. The Morgan fingerprint density at radius 2 is 2.35 bits per heavy atom. The van der Waals surface area contributed by atoms with E-state index < -0.39 is 17.6 Å². The van der Waals surface area contributed by atoms with Crippen molar-refractivity contribution >= 4 is 23.1 Å². The van der Waals surface area contributed by atoms with Crippen LogP contribution >= 0.6 is 0 Å². The van der Waals surface area contributed by atoms with E-state index in [1.807, 2.05) is 0 Å². The monoisotopic (exact) mass is 281 g/mol. The molecule has 7 N–H and O–H groups in total. The van der Waals surface area contributed by atoms with Crippen molar-refractivity contribution in [1.29, 1.82) is 0 Å². The fourth-order valence-electron chi connectivity index (χ4n) is 1.84. The van der Waals surface area contributed by atoms with Crippen LogP contribution in [0.1, 0.15) is 6.42 Å². The highest BCUT2D eigenvalue weighted by Crippen LogP contribution is 2.08. The Morgan fingerprint density at radius 1 is 1.60 bits per heavy atom. The minimum absolute atomic E-state index is 0.00165. The number of nitrogens with two attached hydrogens (primary N) is 2. The summed E-state index contributed by atoms with van der Waals surface area (Å²) in [5.74, 6) is -0.00165. The molecule has 0 aliphatic heterocycles. The van der Waals surface area contributed by atoms with Crippen LogP contribution in [0.5, 0.6) is 0 Å². The summed E-state index contributed by atoms with van der Waals surface area (Å²) in [6.45, 7) is 0.142. The number of imidazole rings is 1. The molecule has 2 amide bonds. The fraction of sp³-hybridized carbons (Fsp3) is 0.400. The Bertz CT molecular complexity index is 677. The first-order valence-corrected chi connectivity index (χ1v) is 5.88. The van der Waals surface area contributed by atoms with Crippen LogP contribution in [0.2, 0.25) is 0 Å². The van der Waals surface area contributed by atoms with Crippen molar-refractivity contribution in [2.24, 2.45) is 5.73 Å². The first kappa shape index (κ1) is 13.8. The van der Waals surface area contributed by atoms with Gasteiger partial charge in [-0.3, -0.25) is 9.78 Å². The molecule has 10 heteroatoms. The summed E-state index contributed by atoms with van der Waals surface area (Å²) in [4.78, 5) is 32.6. The number of H-pyrrole nitrogens is 1. The van der Waals surface area contributed by atoms with Gasteiger partial charge in [0.15, 0.2) is 11.2 Å². The minimum Gasteiger partial charge on any atom is -0.394 e. The number of anilines is 1. The quantitative estimate of drug-likeness (QED) is 0.430. The molecule has 2 heterocycles. The van der Waals surface area contributed by atoms with E-state index in [2.05, 4.69) is 20.3 Å². The summed E-state index contributed by atoms with van der Waals surface area (Å²) >= 11 is 0. The van der Waals surface area contributed by atoms with Gasteiger partial charge in [0, 0.05) is 6.54 Å². The van der Waals surface area contributed by atoms with Gasteiger partial charge in [-0.2, -0.15) is 4.98 Å².